The van der Waals surface area contributed by atoms with Gasteiger partial charge in [-0.3, -0.25) is 4.40 Å². The molecule has 5 aromatic rings. The summed E-state index contributed by atoms with van der Waals surface area (Å²) in [6.07, 6.45) is 3.93. The van der Waals surface area contributed by atoms with Gasteiger partial charge in [-0.25, -0.2) is 28.9 Å². The molecular weight excluding hydrogens is 647 g/mol. The standard InChI is InChI=1S/C36H41FN6O5S/c1-35(2,3)47-33(44)43(34(45)48-36(4,5)6)31-25-16-22(27-18-39-28-17-23(37)9-12-42(27)28)15-24(21-10-13-46-20-21)29(25)26(19-41(7)8)30(40-31)32-38-11-14-49-32/h9,11-12,14-18,21H,10,13,19-20H2,1-8H3. The lowest BCUT2D eigenvalue weighted by molar-refractivity contribution is 0.0429. The van der Waals surface area contributed by atoms with E-state index in [2.05, 4.69) is 20.9 Å². The fraction of sp³-hybridized carbons (Fsp3) is 0.417. The van der Waals surface area contributed by atoms with Crippen LogP contribution in [0, 0.1) is 5.82 Å². The number of pyridine rings is 2. The number of thiazole rings is 1. The van der Waals surface area contributed by atoms with Gasteiger partial charge in [0.2, 0.25) is 0 Å². The lowest BCUT2D eigenvalue weighted by atomic mass is 9.87. The molecule has 4 aromatic heterocycles. The average molecular weight is 689 g/mol. The van der Waals surface area contributed by atoms with Crippen molar-refractivity contribution < 1.29 is 28.2 Å². The third-order valence-electron chi connectivity index (χ3n) is 7.83. The molecule has 1 aliphatic heterocycles. The van der Waals surface area contributed by atoms with Crippen molar-refractivity contribution in [3.05, 3.63) is 65.2 Å². The summed E-state index contributed by atoms with van der Waals surface area (Å²) in [5, 5.41) is 3.86. The second-order valence-corrected chi connectivity index (χ2v) is 15.3. The van der Waals surface area contributed by atoms with Crippen LogP contribution in [0.2, 0.25) is 0 Å². The Kier molecular flexibility index (Phi) is 9.20. The van der Waals surface area contributed by atoms with Gasteiger partial charge in [0.1, 0.15) is 33.4 Å². The van der Waals surface area contributed by atoms with E-state index in [9.17, 15) is 14.0 Å². The Bertz CT molecular complexity index is 2000. The van der Waals surface area contributed by atoms with E-state index in [1.807, 2.05) is 25.5 Å². The number of imide groups is 1. The molecule has 258 valence electrons. The number of hydrogen-bond donors (Lipinski definition) is 0. The summed E-state index contributed by atoms with van der Waals surface area (Å²) in [4.78, 5) is 45.4. The van der Waals surface area contributed by atoms with E-state index in [4.69, 9.17) is 19.2 Å². The van der Waals surface area contributed by atoms with Gasteiger partial charge in [-0.15, -0.1) is 11.3 Å². The highest BCUT2D eigenvalue weighted by Crippen LogP contribution is 2.44. The van der Waals surface area contributed by atoms with Crippen LogP contribution in [0.1, 0.15) is 65.0 Å². The number of fused-ring (bicyclic) bond motifs is 2. The summed E-state index contributed by atoms with van der Waals surface area (Å²) in [6, 6.07) is 6.75. The monoisotopic (exact) mass is 688 g/mol. The van der Waals surface area contributed by atoms with E-state index in [1.165, 1.54) is 23.5 Å². The highest BCUT2D eigenvalue weighted by atomic mass is 32.1. The van der Waals surface area contributed by atoms with Gasteiger partial charge in [0, 0.05) is 59.4 Å². The molecule has 13 heteroatoms. The number of amides is 2. The fourth-order valence-electron chi connectivity index (χ4n) is 5.97. The van der Waals surface area contributed by atoms with Crippen LogP contribution in [0.15, 0.2) is 48.2 Å². The van der Waals surface area contributed by atoms with Crippen LogP contribution >= 0.6 is 11.3 Å². The highest BCUT2D eigenvalue weighted by molar-refractivity contribution is 7.13. The first-order valence-corrected chi connectivity index (χ1v) is 17.0. The number of hydrogen-bond acceptors (Lipinski definition) is 10. The summed E-state index contributed by atoms with van der Waals surface area (Å²) in [7, 11) is 3.95. The van der Waals surface area contributed by atoms with E-state index in [0.717, 1.165) is 33.4 Å². The van der Waals surface area contributed by atoms with Gasteiger partial charge in [0.25, 0.3) is 0 Å². The van der Waals surface area contributed by atoms with E-state index in [0.29, 0.717) is 47.2 Å². The Balaban J connectivity index is 1.76. The van der Waals surface area contributed by atoms with Crippen molar-refractivity contribution in [3.63, 3.8) is 0 Å². The number of carbonyl (C=O) groups excluding carboxylic acids is 2. The maximum atomic E-state index is 14.2. The zero-order valence-corrected chi connectivity index (χ0v) is 29.9. The topological polar surface area (TPSA) is 111 Å². The van der Waals surface area contributed by atoms with Crippen molar-refractivity contribution in [2.45, 2.75) is 71.6 Å². The van der Waals surface area contributed by atoms with Crippen LogP contribution < -0.4 is 4.90 Å². The summed E-state index contributed by atoms with van der Waals surface area (Å²) in [6.45, 7) is 12.0. The third-order valence-corrected chi connectivity index (χ3v) is 8.61. The van der Waals surface area contributed by atoms with Crippen molar-refractivity contribution in [2.75, 3.05) is 32.2 Å². The molecule has 6 rings (SSSR count). The Labute approximate surface area is 288 Å². The van der Waals surface area contributed by atoms with Crippen LogP contribution in [0.4, 0.5) is 19.8 Å². The van der Waals surface area contributed by atoms with Crippen molar-refractivity contribution in [1.29, 1.82) is 0 Å². The van der Waals surface area contributed by atoms with Crippen molar-refractivity contribution in [3.8, 4) is 22.0 Å². The minimum atomic E-state index is -0.931. The van der Waals surface area contributed by atoms with E-state index >= 15 is 0 Å². The molecule has 0 aliphatic carbocycles. The van der Waals surface area contributed by atoms with Crippen molar-refractivity contribution in [2.24, 2.45) is 0 Å². The average Bonchev–Trinajstić information content (AvgIpc) is 3.78. The number of carbonyl (C=O) groups is 2. The molecule has 1 unspecified atom stereocenters. The Morgan fingerprint density at radius 2 is 1.78 bits per heavy atom. The van der Waals surface area contributed by atoms with Crippen LogP contribution in [0.3, 0.4) is 0 Å². The Morgan fingerprint density at radius 1 is 1.06 bits per heavy atom. The molecule has 1 fully saturated rings. The normalized spacial score (nSPS) is 15.3. The number of nitrogens with zero attached hydrogens (tertiary/aromatic N) is 6. The summed E-state index contributed by atoms with van der Waals surface area (Å²) in [5.41, 5.74) is 2.41. The predicted molar refractivity (Wildman–Crippen MR) is 188 cm³/mol. The van der Waals surface area contributed by atoms with E-state index in [-0.39, 0.29) is 11.7 Å². The van der Waals surface area contributed by atoms with E-state index in [1.54, 1.807) is 64.5 Å². The fourth-order valence-corrected chi connectivity index (χ4v) is 6.62. The minimum absolute atomic E-state index is 0.00381. The van der Waals surface area contributed by atoms with Gasteiger partial charge in [-0.1, -0.05) is 0 Å². The van der Waals surface area contributed by atoms with Gasteiger partial charge in [-0.2, -0.15) is 4.90 Å². The molecule has 49 heavy (non-hydrogen) atoms. The molecule has 5 heterocycles. The van der Waals surface area contributed by atoms with Gasteiger partial charge in [0.15, 0.2) is 5.82 Å². The summed E-state index contributed by atoms with van der Waals surface area (Å²) >= 11 is 1.41. The largest absolute Gasteiger partial charge is 0.443 e. The van der Waals surface area contributed by atoms with Gasteiger partial charge in [0.05, 0.1) is 18.5 Å². The quantitative estimate of drug-likeness (QED) is 0.175. The lowest BCUT2D eigenvalue weighted by Gasteiger charge is -2.30. The maximum Gasteiger partial charge on any atom is 0.425 e. The molecule has 0 N–H and O–H groups in total. The molecule has 11 nitrogen and oxygen atoms in total. The number of rotatable bonds is 6. The molecule has 1 aromatic carbocycles. The first-order valence-electron chi connectivity index (χ1n) is 16.1. The van der Waals surface area contributed by atoms with E-state index < -0.39 is 29.2 Å². The number of ether oxygens (including phenoxy) is 3. The summed E-state index contributed by atoms with van der Waals surface area (Å²) in [5.74, 6) is -0.351. The zero-order chi connectivity index (χ0) is 35.2. The zero-order valence-electron chi connectivity index (χ0n) is 29.0. The second kappa shape index (κ2) is 13.1. The van der Waals surface area contributed by atoms with Crippen molar-refractivity contribution >= 4 is 45.8 Å². The number of halogens is 1. The Hall–Kier alpha value is -4.46. The predicted octanol–water partition coefficient (Wildman–Crippen LogP) is 8.05. The van der Waals surface area contributed by atoms with Crippen LogP contribution in [-0.2, 0) is 20.8 Å². The van der Waals surface area contributed by atoms with Crippen LogP contribution in [0.25, 0.3) is 38.4 Å². The molecule has 0 radical (unpaired) electrons. The molecule has 1 saturated heterocycles. The molecular formula is C36H41FN6O5S. The van der Waals surface area contributed by atoms with Crippen LogP contribution in [-0.4, -0.2) is 75.0 Å². The number of benzene rings is 1. The maximum absolute atomic E-state index is 14.2. The molecule has 0 spiro atoms. The number of imidazole rings is 1. The molecule has 2 amide bonds. The van der Waals surface area contributed by atoms with Gasteiger partial charge >= 0.3 is 12.2 Å². The van der Waals surface area contributed by atoms with Gasteiger partial charge < -0.3 is 19.1 Å². The summed E-state index contributed by atoms with van der Waals surface area (Å²) < 4.78 is 33.5. The molecule has 1 aliphatic rings. The van der Waals surface area contributed by atoms with Crippen LogP contribution in [0.5, 0.6) is 0 Å². The smallest absolute Gasteiger partial charge is 0.425 e. The number of aromatic nitrogens is 4. The first-order chi connectivity index (χ1) is 23.1. The highest BCUT2D eigenvalue weighted by Gasteiger charge is 2.37. The lowest BCUT2D eigenvalue weighted by Crippen LogP contribution is -2.44. The third kappa shape index (κ3) is 7.29. The second-order valence-electron chi connectivity index (χ2n) is 14.4. The molecule has 1 atom stereocenters. The van der Waals surface area contributed by atoms with Gasteiger partial charge in [-0.05, 0) is 91.2 Å². The SMILES string of the molecule is CN(C)Cc1c(-c2nccs2)nc(N(C(=O)OC(C)(C)C)C(=O)OC(C)(C)C)c2cc(-c3cnc4cc(F)ccn34)cc(C3CCOC3)c12. The Morgan fingerprint density at radius 3 is 2.37 bits per heavy atom. The minimum Gasteiger partial charge on any atom is -0.443 e. The number of anilines is 1. The molecule has 0 saturated carbocycles. The molecule has 0 bridgehead atoms. The first kappa shape index (κ1) is 34.4. The van der Waals surface area contributed by atoms with Crippen molar-refractivity contribution in [1.82, 2.24) is 24.3 Å².